The second-order valence-electron chi connectivity index (χ2n) is 4.74. The van der Waals surface area contributed by atoms with Crippen LogP contribution in [-0.4, -0.2) is 17.5 Å². The molecule has 0 heterocycles. The lowest BCUT2D eigenvalue weighted by atomic mass is 10.1. The van der Waals surface area contributed by atoms with Gasteiger partial charge in [-0.05, 0) is 36.6 Å². The minimum absolute atomic E-state index is 0.280. The molecule has 0 saturated heterocycles. The summed E-state index contributed by atoms with van der Waals surface area (Å²) >= 11 is 6.07. The van der Waals surface area contributed by atoms with Gasteiger partial charge in [0.25, 0.3) is 0 Å². The van der Waals surface area contributed by atoms with Gasteiger partial charge in [0, 0.05) is 17.6 Å². The molecule has 0 bridgehead atoms. The van der Waals surface area contributed by atoms with E-state index in [-0.39, 0.29) is 5.82 Å². The number of hydrogen-bond donors (Lipinski definition) is 0. The summed E-state index contributed by atoms with van der Waals surface area (Å²) in [7, 11) is 0. The molecular weight excluding hydrogens is 251 g/mol. The van der Waals surface area contributed by atoms with Crippen LogP contribution in [0.2, 0.25) is 5.02 Å². The Morgan fingerprint density at radius 2 is 2.11 bits per heavy atom. The first-order valence-electron chi connectivity index (χ1n) is 6.25. The summed E-state index contributed by atoms with van der Waals surface area (Å²) in [6.45, 7) is 0.923. The van der Waals surface area contributed by atoms with Crippen LogP contribution in [0.4, 0.5) is 4.39 Å². The fourth-order valence-corrected chi connectivity index (χ4v) is 2.73. The van der Waals surface area contributed by atoms with Gasteiger partial charge in [-0.1, -0.05) is 24.4 Å². The molecule has 2 nitrogen and oxygen atoms in total. The zero-order chi connectivity index (χ0) is 13.0. The quantitative estimate of drug-likeness (QED) is 0.776. The van der Waals surface area contributed by atoms with Gasteiger partial charge in [0.2, 0.25) is 0 Å². The van der Waals surface area contributed by atoms with E-state index in [4.69, 9.17) is 16.9 Å². The molecule has 1 aromatic rings. The molecule has 1 fully saturated rings. The Morgan fingerprint density at radius 1 is 1.39 bits per heavy atom. The SMILES string of the molecule is N#CCN(Cc1cc(F)ccc1Cl)C1CCCC1. The van der Waals surface area contributed by atoms with Crippen LogP contribution in [0.3, 0.4) is 0 Å². The predicted octanol–water partition coefficient (Wildman–Crippen LogP) is 3.75. The molecule has 1 aliphatic carbocycles. The lowest BCUT2D eigenvalue weighted by molar-refractivity contribution is 0.214. The van der Waals surface area contributed by atoms with E-state index >= 15 is 0 Å². The van der Waals surface area contributed by atoms with E-state index in [1.54, 1.807) is 6.07 Å². The average molecular weight is 267 g/mol. The first kappa shape index (κ1) is 13.3. The molecule has 1 aliphatic rings. The third-order valence-corrected chi connectivity index (χ3v) is 3.86. The molecule has 0 radical (unpaired) electrons. The summed E-state index contributed by atoms with van der Waals surface area (Å²) in [5.74, 6) is -0.280. The minimum atomic E-state index is -0.280. The Balaban J connectivity index is 2.12. The molecule has 0 atom stereocenters. The Hall–Kier alpha value is -1.11. The van der Waals surface area contributed by atoms with E-state index in [1.807, 2.05) is 0 Å². The van der Waals surface area contributed by atoms with Crippen molar-refractivity contribution < 1.29 is 4.39 Å². The molecule has 1 aromatic carbocycles. The van der Waals surface area contributed by atoms with Gasteiger partial charge in [0.15, 0.2) is 0 Å². The third kappa shape index (κ3) is 3.22. The highest BCUT2D eigenvalue weighted by molar-refractivity contribution is 6.31. The highest BCUT2D eigenvalue weighted by atomic mass is 35.5. The molecule has 0 spiro atoms. The van der Waals surface area contributed by atoms with Crippen LogP contribution < -0.4 is 0 Å². The maximum atomic E-state index is 13.2. The van der Waals surface area contributed by atoms with Crippen molar-refractivity contribution in [3.63, 3.8) is 0 Å². The Kier molecular flexibility index (Phi) is 4.57. The molecule has 4 heteroatoms. The standard InChI is InChI=1S/C14H16ClFN2/c15-14-6-5-12(16)9-11(14)10-18(8-7-17)13-3-1-2-4-13/h5-6,9,13H,1-4,8,10H2. The molecule has 0 aliphatic heterocycles. The van der Waals surface area contributed by atoms with Crippen molar-refractivity contribution in [3.05, 3.63) is 34.6 Å². The summed E-state index contributed by atoms with van der Waals surface area (Å²) in [4.78, 5) is 2.10. The van der Waals surface area contributed by atoms with Crippen molar-refractivity contribution in [2.24, 2.45) is 0 Å². The monoisotopic (exact) mass is 266 g/mol. The molecule has 1 saturated carbocycles. The number of halogens is 2. The molecule has 0 aromatic heterocycles. The normalized spacial score (nSPS) is 16.1. The molecule has 0 amide bonds. The second-order valence-corrected chi connectivity index (χ2v) is 5.14. The highest BCUT2D eigenvalue weighted by Gasteiger charge is 2.23. The number of rotatable bonds is 4. The summed E-state index contributed by atoms with van der Waals surface area (Å²) in [5.41, 5.74) is 0.763. The molecule has 18 heavy (non-hydrogen) atoms. The molecule has 0 N–H and O–H groups in total. The van der Waals surface area contributed by atoms with Gasteiger partial charge < -0.3 is 0 Å². The number of nitriles is 1. The van der Waals surface area contributed by atoms with Crippen molar-refractivity contribution in [2.75, 3.05) is 6.54 Å². The van der Waals surface area contributed by atoms with E-state index in [2.05, 4.69) is 11.0 Å². The lowest BCUT2D eigenvalue weighted by Gasteiger charge is -2.26. The van der Waals surface area contributed by atoms with Gasteiger partial charge in [-0.2, -0.15) is 5.26 Å². The van der Waals surface area contributed by atoms with Crippen LogP contribution in [0.15, 0.2) is 18.2 Å². The zero-order valence-corrected chi connectivity index (χ0v) is 11.0. The fourth-order valence-electron chi connectivity index (χ4n) is 2.56. The number of benzene rings is 1. The Labute approximate surface area is 112 Å². The second kappa shape index (κ2) is 6.17. The van der Waals surface area contributed by atoms with E-state index in [0.717, 1.165) is 18.4 Å². The first-order chi connectivity index (χ1) is 8.70. The van der Waals surface area contributed by atoms with Gasteiger partial charge in [-0.25, -0.2) is 4.39 Å². The van der Waals surface area contributed by atoms with Crippen LogP contribution in [0, 0.1) is 17.1 Å². The lowest BCUT2D eigenvalue weighted by Crippen LogP contribution is -2.33. The fraction of sp³-hybridized carbons (Fsp3) is 0.500. The summed E-state index contributed by atoms with van der Waals surface area (Å²) in [5, 5.41) is 9.47. The topological polar surface area (TPSA) is 27.0 Å². The maximum absolute atomic E-state index is 13.2. The van der Waals surface area contributed by atoms with E-state index in [1.165, 1.54) is 25.0 Å². The van der Waals surface area contributed by atoms with Crippen LogP contribution in [0.5, 0.6) is 0 Å². The summed E-state index contributed by atoms with van der Waals surface area (Å²) < 4.78 is 13.2. The van der Waals surface area contributed by atoms with Gasteiger partial charge in [0.1, 0.15) is 5.82 Å². The van der Waals surface area contributed by atoms with Crippen molar-refractivity contribution in [1.82, 2.24) is 4.90 Å². The van der Waals surface area contributed by atoms with Gasteiger partial charge >= 0.3 is 0 Å². The van der Waals surface area contributed by atoms with Crippen LogP contribution in [-0.2, 0) is 6.54 Å². The Bertz CT molecular complexity index is 450. The zero-order valence-electron chi connectivity index (χ0n) is 10.2. The number of nitrogens with zero attached hydrogens (tertiary/aromatic N) is 2. The first-order valence-corrected chi connectivity index (χ1v) is 6.63. The predicted molar refractivity (Wildman–Crippen MR) is 69.7 cm³/mol. The smallest absolute Gasteiger partial charge is 0.123 e. The molecular formula is C14H16ClFN2. The van der Waals surface area contributed by atoms with Crippen LogP contribution in [0.25, 0.3) is 0 Å². The van der Waals surface area contributed by atoms with E-state index in [9.17, 15) is 4.39 Å². The highest BCUT2D eigenvalue weighted by Crippen LogP contribution is 2.26. The van der Waals surface area contributed by atoms with E-state index in [0.29, 0.717) is 24.2 Å². The van der Waals surface area contributed by atoms with Crippen LogP contribution >= 0.6 is 11.6 Å². The van der Waals surface area contributed by atoms with Gasteiger partial charge in [-0.3, -0.25) is 4.90 Å². The van der Waals surface area contributed by atoms with Crippen molar-refractivity contribution in [1.29, 1.82) is 5.26 Å². The van der Waals surface area contributed by atoms with Crippen molar-refractivity contribution in [2.45, 2.75) is 38.3 Å². The van der Waals surface area contributed by atoms with Crippen LogP contribution in [0.1, 0.15) is 31.2 Å². The van der Waals surface area contributed by atoms with Crippen molar-refractivity contribution >= 4 is 11.6 Å². The molecule has 0 unspecified atom stereocenters. The largest absolute Gasteiger partial charge is 0.283 e. The van der Waals surface area contributed by atoms with Gasteiger partial charge in [-0.15, -0.1) is 0 Å². The average Bonchev–Trinajstić information content (AvgIpc) is 2.87. The molecule has 2 rings (SSSR count). The Morgan fingerprint density at radius 3 is 2.78 bits per heavy atom. The third-order valence-electron chi connectivity index (χ3n) is 3.50. The minimum Gasteiger partial charge on any atom is -0.283 e. The molecule has 96 valence electrons. The summed E-state index contributed by atoms with van der Waals surface area (Å²) in [6.07, 6.45) is 4.66. The summed E-state index contributed by atoms with van der Waals surface area (Å²) in [6, 6.07) is 7.01. The maximum Gasteiger partial charge on any atom is 0.123 e. The van der Waals surface area contributed by atoms with E-state index < -0.39 is 0 Å². The number of hydrogen-bond acceptors (Lipinski definition) is 2. The van der Waals surface area contributed by atoms with Crippen molar-refractivity contribution in [3.8, 4) is 6.07 Å². The van der Waals surface area contributed by atoms with Gasteiger partial charge in [0.05, 0.1) is 12.6 Å².